The summed E-state index contributed by atoms with van der Waals surface area (Å²) in [5.74, 6) is -0.408. The number of furan rings is 1. The van der Waals surface area contributed by atoms with Gasteiger partial charge >= 0.3 is 0 Å². The van der Waals surface area contributed by atoms with Gasteiger partial charge in [0.2, 0.25) is 0 Å². The molecule has 0 bridgehead atoms. The molecule has 3 heterocycles. The monoisotopic (exact) mass is 437 g/mol. The minimum atomic E-state index is -0.572. The molecular weight excluding hydrogens is 414 g/mol. The zero-order chi connectivity index (χ0) is 22.8. The summed E-state index contributed by atoms with van der Waals surface area (Å²) in [5.41, 5.74) is 9.94. The van der Waals surface area contributed by atoms with Gasteiger partial charge in [0, 0.05) is 59.5 Å². The van der Waals surface area contributed by atoms with Crippen molar-refractivity contribution in [1.29, 1.82) is 5.26 Å². The molecule has 1 aliphatic heterocycles. The average Bonchev–Trinajstić information content (AvgIpc) is 3.45. The molecule has 2 aromatic heterocycles. The van der Waals surface area contributed by atoms with E-state index in [0.717, 1.165) is 47.8 Å². The van der Waals surface area contributed by atoms with Gasteiger partial charge in [-0.1, -0.05) is 0 Å². The second kappa shape index (κ2) is 8.60. The van der Waals surface area contributed by atoms with Gasteiger partial charge in [-0.2, -0.15) is 5.26 Å². The number of unbranched alkanes of at least 4 members (excludes halogenated alkanes) is 1. The first-order valence-corrected chi connectivity index (χ1v) is 10.8. The van der Waals surface area contributed by atoms with Gasteiger partial charge in [-0.05, 0) is 67.3 Å². The Kier molecular flexibility index (Phi) is 5.33. The number of hydrogen-bond donors (Lipinski definition) is 2. The smallest absolute Gasteiger partial charge is 0.284 e. The number of nitrogens with one attached hydrogen (secondary N) is 1. The molecule has 0 atom stereocenters. The van der Waals surface area contributed by atoms with Crippen LogP contribution in [0.5, 0.6) is 0 Å². The Bertz CT molecular complexity index is 1420. The normalized spacial score (nSPS) is 13.2. The van der Waals surface area contributed by atoms with Crippen molar-refractivity contribution in [3.05, 3.63) is 90.3 Å². The SMILES string of the molecule is N#Cc1ccc2[nH]cc(CCCCN3C=CN(c4ccc5oc(C(N)=O)cc5c4)C=C3)c2c1. The Morgan fingerprint density at radius 2 is 1.91 bits per heavy atom. The summed E-state index contributed by atoms with van der Waals surface area (Å²) in [5, 5.41) is 11.1. The molecule has 0 radical (unpaired) electrons. The summed E-state index contributed by atoms with van der Waals surface area (Å²) in [6.45, 7) is 0.926. The zero-order valence-electron chi connectivity index (χ0n) is 18.0. The van der Waals surface area contributed by atoms with Crippen LogP contribution in [0.15, 0.2) is 77.9 Å². The molecule has 33 heavy (non-hydrogen) atoms. The van der Waals surface area contributed by atoms with E-state index in [1.54, 1.807) is 6.07 Å². The minimum Gasteiger partial charge on any atom is -0.451 e. The van der Waals surface area contributed by atoms with Crippen LogP contribution in [0.2, 0.25) is 0 Å². The number of nitrogens with two attached hydrogens (primary N) is 1. The van der Waals surface area contributed by atoms with Crippen LogP contribution in [0.4, 0.5) is 5.69 Å². The summed E-state index contributed by atoms with van der Waals surface area (Å²) in [7, 11) is 0. The van der Waals surface area contributed by atoms with E-state index in [-0.39, 0.29) is 5.76 Å². The first-order chi connectivity index (χ1) is 16.1. The third-order valence-corrected chi connectivity index (χ3v) is 5.89. The predicted molar refractivity (Wildman–Crippen MR) is 128 cm³/mol. The second-order valence-corrected chi connectivity index (χ2v) is 8.08. The van der Waals surface area contributed by atoms with Crippen molar-refractivity contribution in [3.8, 4) is 6.07 Å². The highest BCUT2D eigenvalue weighted by Gasteiger charge is 2.12. The number of fused-ring (bicyclic) bond motifs is 2. The molecule has 0 unspecified atom stereocenters. The van der Waals surface area contributed by atoms with Crippen LogP contribution in [0.1, 0.15) is 34.5 Å². The van der Waals surface area contributed by atoms with Gasteiger partial charge in [-0.15, -0.1) is 0 Å². The van der Waals surface area contributed by atoms with Gasteiger partial charge in [0.05, 0.1) is 11.6 Å². The van der Waals surface area contributed by atoms with Crippen LogP contribution < -0.4 is 10.6 Å². The van der Waals surface area contributed by atoms with Gasteiger partial charge in [-0.3, -0.25) is 4.79 Å². The van der Waals surface area contributed by atoms with E-state index in [1.165, 1.54) is 5.56 Å². The maximum absolute atomic E-state index is 11.3. The largest absolute Gasteiger partial charge is 0.451 e. The molecule has 1 aliphatic rings. The van der Waals surface area contributed by atoms with E-state index in [9.17, 15) is 4.79 Å². The van der Waals surface area contributed by atoms with Crippen LogP contribution in [0.25, 0.3) is 21.9 Å². The van der Waals surface area contributed by atoms with E-state index >= 15 is 0 Å². The van der Waals surface area contributed by atoms with Crippen molar-refractivity contribution >= 4 is 33.5 Å². The number of H-pyrrole nitrogens is 1. The van der Waals surface area contributed by atoms with Crippen molar-refractivity contribution < 1.29 is 9.21 Å². The third-order valence-electron chi connectivity index (χ3n) is 5.89. The quantitative estimate of drug-likeness (QED) is 0.397. The number of carbonyl (C=O) groups is 1. The Balaban J connectivity index is 1.15. The van der Waals surface area contributed by atoms with E-state index < -0.39 is 5.91 Å². The molecule has 3 N–H and O–H groups in total. The topological polar surface area (TPSA) is 102 Å². The number of aromatic nitrogens is 1. The average molecular weight is 438 g/mol. The number of benzene rings is 2. The van der Waals surface area contributed by atoms with Crippen molar-refractivity contribution in [1.82, 2.24) is 9.88 Å². The summed E-state index contributed by atoms with van der Waals surface area (Å²) >= 11 is 0. The number of aromatic amines is 1. The van der Waals surface area contributed by atoms with Crippen LogP contribution in [0.3, 0.4) is 0 Å². The highest BCUT2D eigenvalue weighted by atomic mass is 16.3. The van der Waals surface area contributed by atoms with Crippen molar-refractivity contribution in [3.63, 3.8) is 0 Å². The van der Waals surface area contributed by atoms with Gasteiger partial charge < -0.3 is 24.9 Å². The molecule has 0 aliphatic carbocycles. The van der Waals surface area contributed by atoms with Crippen molar-refractivity contribution in [2.75, 3.05) is 11.4 Å². The predicted octanol–water partition coefficient (Wildman–Crippen LogP) is 4.97. The number of aryl methyl sites for hydroxylation is 1. The molecule has 7 heteroatoms. The number of anilines is 1. The molecule has 0 spiro atoms. The second-order valence-electron chi connectivity index (χ2n) is 8.08. The van der Waals surface area contributed by atoms with Crippen LogP contribution in [0, 0.1) is 11.3 Å². The Morgan fingerprint density at radius 1 is 1.06 bits per heavy atom. The molecular formula is C26H23N5O2. The molecule has 4 aromatic rings. The lowest BCUT2D eigenvalue weighted by atomic mass is 10.1. The Hall–Kier alpha value is -4.44. The molecule has 164 valence electrons. The van der Waals surface area contributed by atoms with Gasteiger partial charge in [-0.25, -0.2) is 0 Å². The fraction of sp³-hybridized carbons (Fsp3) is 0.154. The molecule has 0 saturated heterocycles. The number of nitrogens with zero attached hydrogens (tertiary/aromatic N) is 3. The summed E-state index contributed by atoms with van der Waals surface area (Å²) in [6, 6.07) is 15.4. The highest BCUT2D eigenvalue weighted by Crippen LogP contribution is 2.27. The first kappa shape index (κ1) is 20.5. The molecule has 0 fully saturated rings. The standard InChI is InChI=1S/C26H23N5O2/c27-16-18-4-6-23-22(13-18)19(17-29-23)3-1-2-8-30-9-11-31(12-10-30)21-5-7-24-20(14-21)15-25(33-24)26(28)32/h4-7,9-15,17,29H,1-3,8H2,(H2,28,32). The number of amides is 1. The van der Waals surface area contributed by atoms with Gasteiger partial charge in [0.25, 0.3) is 5.91 Å². The zero-order valence-corrected chi connectivity index (χ0v) is 18.0. The molecule has 5 rings (SSSR count). The lowest BCUT2D eigenvalue weighted by Gasteiger charge is -2.25. The fourth-order valence-electron chi connectivity index (χ4n) is 4.11. The fourth-order valence-corrected chi connectivity index (χ4v) is 4.11. The first-order valence-electron chi connectivity index (χ1n) is 10.8. The molecule has 1 amide bonds. The lowest BCUT2D eigenvalue weighted by molar-refractivity contribution is 0.0976. The maximum Gasteiger partial charge on any atom is 0.284 e. The summed E-state index contributed by atoms with van der Waals surface area (Å²) < 4.78 is 5.45. The Labute approximate surface area is 191 Å². The lowest BCUT2D eigenvalue weighted by Crippen LogP contribution is -2.20. The number of rotatable bonds is 7. The van der Waals surface area contributed by atoms with E-state index in [1.807, 2.05) is 59.9 Å². The van der Waals surface area contributed by atoms with E-state index in [4.69, 9.17) is 15.4 Å². The summed E-state index contributed by atoms with van der Waals surface area (Å²) in [6.07, 6.45) is 13.3. The van der Waals surface area contributed by atoms with E-state index in [0.29, 0.717) is 11.1 Å². The summed E-state index contributed by atoms with van der Waals surface area (Å²) in [4.78, 5) is 18.8. The number of nitriles is 1. The molecule has 7 nitrogen and oxygen atoms in total. The van der Waals surface area contributed by atoms with Gasteiger partial charge in [0.15, 0.2) is 5.76 Å². The molecule has 0 saturated carbocycles. The Morgan fingerprint density at radius 3 is 2.70 bits per heavy atom. The minimum absolute atomic E-state index is 0.163. The molecule has 2 aromatic carbocycles. The number of hydrogen-bond acceptors (Lipinski definition) is 5. The van der Waals surface area contributed by atoms with Crippen molar-refractivity contribution in [2.45, 2.75) is 19.3 Å². The van der Waals surface area contributed by atoms with E-state index in [2.05, 4.69) is 28.4 Å². The van der Waals surface area contributed by atoms with Gasteiger partial charge in [0.1, 0.15) is 5.58 Å². The van der Waals surface area contributed by atoms with Crippen LogP contribution in [-0.4, -0.2) is 22.3 Å². The highest BCUT2D eigenvalue weighted by molar-refractivity contribution is 5.95. The number of primary amides is 1. The van der Waals surface area contributed by atoms with Crippen LogP contribution >= 0.6 is 0 Å². The third kappa shape index (κ3) is 4.19. The van der Waals surface area contributed by atoms with Crippen molar-refractivity contribution in [2.24, 2.45) is 5.73 Å². The maximum atomic E-state index is 11.3. The van der Waals surface area contributed by atoms with Crippen LogP contribution in [-0.2, 0) is 6.42 Å². The number of carbonyl (C=O) groups excluding carboxylic acids is 1.